The topological polar surface area (TPSA) is 120 Å². The number of benzene rings is 2. The Morgan fingerprint density at radius 3 is 2.26 bits per heavy atom. The van der Waals surface area contributed by atoms with E-state index in [2.05, 4.69) is 17.2 Å². The highest BCUT2D eigenvalue weighted by Gasteiger charge is 2.45. The molecule has 1 saturated heterocycles. The molecule has 1 fully saturated rings. The molecule has 1 atom stereocenters. The summed E-state index contributed by atoms with van der Waals surface area (Å²) in [5.74, 6) is -0.397. The summed E-state index contributed by atoms with van der Waals surface area (Å²) in [5, 5.41) is 5.90. The van der Waals surface area contributed by atoms with E-state index in [0.717, 1.165) is 5.69 Å². The van der Waals surface area contributed by atoms with Gasteiger partial charge in [-0.1, -0.05) is 38.6 Å². The van der Waals surface area contributed by atoms with Gasteiger partial charge >= 0.3 is 0 Å². The van der Waals surface area contributed by atoms with Crippen molar-refractivity contribution < 1.29 is 23.3 Å². The van der Waals surface area contributed by atoms with Crippen molar-refractivity contribution in [3.05, 3.63) is 66.9 Å². The fraction of sp³-hybridized carbons (Fsp3) is 0.360. The van der Waals surface area contributed by atoms with Crippen molar-refractivity contribution in [2.75, 3.05) is 31.6 Å². The normalized spacial score (nSPS) is 15.1. The van der Waals surface area contributed by atoms with Crippen LogP contribution in [0.15, 0.2) is 71.8 Å². The third kappa shape index (κ3) is 7.16. The average Bonchev–Trinajstić information content (AvgIpc) is 2.88. The van der Waals surface area contributed by atoms with Gasteiger partial charge in [0.05, 0.1) is 10.8 Å². The third-order valence-corrected chi connectivity index (χ3v) is 7.17. The van der Waals surface area contributed by atoms with Crippen molar-refractivity contribution in [3.63, 3.8) is 0 Å². The molecule has 1 unspecified atom stereocenters. The Bertz CT molecular complexity index is 974. The first kappa shape index (κ1) is 27.1. The Kier molecular flexibility index (Phi) is 10.8. The van der Waals surface area contributed by atoms with Crippen LogP contribution < -0.4 is 21.1 Å². The monoisotopic (exact) mass is 487 g/mol. The molecule has 0 aromatic heterocycles. The van der Waals surface area contributed by atoms with Crippen molar-refractivity contribution in [1.82, 2.24) is 5.32 Å². The van der Waals surface area contributed by atoms with Crippen LogP contribution in [0, 0.1) is 0 Å². The van der Waals surface area contributed by atoms with E-state index >= 15 is 0 Å². The molecule has 1 aliphatic rings. The van der Waals surface area contributed by atoms with Crippen molar-refractivity contribution >= 4 is 28.3 Å². The Labute approximate surface area is 203 Å². The van der Waals surface area contributed by atoms with Gasteiger partial charge in [-0.2, -0.15) is 0 Å². The molecule has 1 aliphatic heterocycles. The summed E-state index contributed by atoms with van der Waals surface area (Å²) in [6, 6.07) is 15.9. The maximum atomic E-state index is 13.1. The summed E-state index contributed by atoms with van der Waals surface area (Å²) < 4.78 is 22.7. The van der Waals surface area contributed by atoms with Crippen LogP contribution in [-0.2, 0) is 25.1 Å². The minimum atomic E-state index is -1.57. The minimum Gasteiger partial charge on any atom is -0.452 e. The lowest BCUT2D eigenvalue weighted by molar-refractivity contribution is -0.122. The van der Waals surface area contributed by atoms with Crippen LogP contribution in [0.2, 0.25) is 0 Å². The van der Waals surface area contributed by atoms with Gasteiger partial charge in [0, 0.05) is 36.9 Å². The lowest BCUT2D eigenvalue weighted by Crippen LogP contribution is -2.51. The highest BCUT2D eigenvalue weighted by atomic mass is 32.2. The van der Waals surface area contributed by atoms with Crippen LogP contribution in [0.1, 0.15) is 26.7 Å². The number of hydrogen-bond acceptors (Lipinski definition) is 6. The predicted molar refractivity (Wildman–Crippen MR) is 134 cm³/mol. The molecule has 8 nitrogen and oxygen atoms in total. The van der Waals surface area contributed by atoms with Crippen LogP contribution in [0.4, 0.5) is 5.69 Å². The van der Waals surface area contributed by atoms with E-state index in [-0.39, 0.29) is 5.76 Å². The third-order valence-electron chi connectivity index (χ3n) is 5.15. The summed E-state index contributed by atoms with van der Waals surface area (Å²) in [7, 11) is -1.57. The molecule has 2 amide bonds. The zero-order chi connectivity index (χ0) is 25.0. The second-order valence-corrected chi connectivity index (χ2v) is 9.08. The number of primary amides is 1. The van der Waals surface area contributed by atoms with Gasteiger partial charge in [-0.25, -0.2) is 0 Å². The average molecular weight is 488 g/mol. The molecule has 34 heavy (non-hydrogen) atoms. The van der Waals surface area contributed by atoms with E-state index in [4.69, 9.17) is 15.2 Å². The maximum Gasteiger partial charge on any atom is 0.286 e. The molecule has 2 aromatic carbocycles. The van der Waals surface area contributed by atoms with Gasteiger partial charge in [0.2, 0.25) is 5.91 Å². The molecule has 0 spiro atoms. The Morgan fingerprint density at radius 1 is 1.06 bits per heavy atom. The predicted octanol–water partition coefficient (Wildman–Crippen LogP) is 2.98. The smallest absolute Gasteiger partial charge is 0.286 e. The number of nitrogens with two attached hydrogens (primary N) is 1. The number of nitrogens with one attached hydrogen (secondary N) is 2. The first-order valence-corrected chi connectivity index (χ1v) is 12.4. The van der Waals surface area contributed by atoms with Crippen LogP contribution in [0.25, 0.3) is 0 Å². The quantitative estimate of drug-likeness (QED) is 0.269. The van der Waals surface area contributed by atoms with E-state index in [1.165, 1.54) is 0 Å². The Balaban J connectivity index is 0.00000199. The number of amides is 2. The molecule has 0 saturated carbocycles. The highest BCUT2D eigenvalue weighted by molar-refractivity contribution is 7.87. The minimum absolute atomic E-state index is 0.0134. The zero-order valence-corrected chi connectivity index (χ0v) is 20.5. The number of anilines is 1. The standard InChI is InChI=1S/C23H27N3O5S.C2H6/c1-17(31-19-5-3-2-4-6-19)21(27)26-14-13-25-18-7-9-20(10-8-18)32(29)23(22(24)28)11-15-30-16-12-23;1-2/h2-10,25H,1,11-16H2,(H2,24,28)(H,26,27);1-2H3. The van der Waals surface area contributed by atoms with Crippen molar-refractivity contribution in [2.45, 2.75) is 36.3 Å². The van der Waals surface area contributed by atoms with E-state index < -0.39 is 27.4 Å². The molecule has 1 heterocycles. The number of carbonyl (C=O) groups excluding carboxylic acids is 2. The largest absolute Gasteiger partial charge is 0.452 e. The van der Waals surface area contributed by atoms with Crippen LogP contribution in [0.5, 0.6) is 5.75 Å². The molecule has 0 aliphatic carbocycles. The second-order valence-electron chi connectivity index (χ2n) is 7.28. The molecule has 4 N–H and O–H groups in total. The molecule has 2 aromatic rings. The highest BCUT2D eigenvalue weighted by Crippen LogP contribution is 2.32. The number of para-hydroxylation sites is 1. The van der Waals surface area contributed by atoms with E-state index in [1.807, 2.05) is 32.0 Å². The first-order chi connectivity index (χ1) is 16.4. The van der Waals surface area contributed by atoms with Gasteiger partial charge < -0.3 is 25.8 Å². The fourth-order valence-corrected chi connectivity index (χ4v) is 4.86. The fourth-order valence-electron chi connectivity index (χ4n) is 3.30. The number of rotatable bonds is 10. The van der Waals surface area contributed by atoms with Crippen molar-refractivity contribution in [1.29, 1.82) is 0 Å². The van der Waals surface area contributed by atoms with Gasteiger partial charge in [-0.05, 0) is 49.2 Å². The van der Waals surface area contributed by atoms with E-state index in [0.29, 0.717) is 49.8 Å². The first-order valence-electron chi connectivity index (χ1n) is 11.3. The summed E-state index contributed by atoms with van der Waals surface area (Å²) in [5.41, 5.74) is 6.38. The molecule has 0 bridgehead atoms. The molecular weight excluding hydrogens is 454 g/mol. The second kappa shape index (κ2) is 13.5. The Morgan fingerprint density at radius 2 is 1.68 bits per heavy atom. The summed E-state index contributed by atoms with van der Waals surface area (Å²) in [6.45, 7) is 9.20. The zero-order valence-electron chi connectivity index (χ0n) is 19.7. The lowest BCUT2D eigenvalue weighted by atomic mass is 9.98. The van der Waals surface area contributed by atoms with Crippen LogP contribution >= 0.6 is 0 Å². The van der Waals surface area contributed by atoms with Crippen LogP contribution in [-0.4, -0.2) is 47.1 Å². The SMILES string of the molecule is C=C(Oc1ccccc1)C(=O)NCCNc1ccc(S(=O)C2(C(N)=O)CCOCC2)cc1.CC. The number of carbonyl (C=O) groups is 2. The summed E-state index contributed by atoms with van der Waals surface area (Å²) in [4.78, 5) is 24.7. The molecule has 3 rings (SSSR count). The number of hydrogen-bond donors (Lipinski definition) is 3. The van der Waals surface area contributed by atoms with E-state index in [1.54, 1.807) is 36.4 Å². The molecule has 184 valence electrons. The van der Waals surface area contributed by atoms with E-state index in [9.17, 15) is 13.8 Å². The molecule has 9 heteroatoms. The van der Waals surface area contributed by atoms with Crippen molar-refractivity contribution in [2.24, 2.45) is 5.73 Å². The Hall–Kier alpha value is -3.17. The van der Waals surface area contributed by atoms with Gasteiger partial charge in [-0.3, -0.25) is 13.8 Å². The van der Waals surface area contributed by atoms with Gasteiger partial charge in [-0.15, -0.1) is 0 Å². The maximum absolute atomic E-state index is 13.1. The number of ether oxygens (including phenoxy) is 2. The van der Waals surface area contributed by atoms with Gasteiger partial charge in [0.15, 0.2) is 5.76 Å². The van der Waals surface area contributed by atoms with Gasteiger partial charge in [0.25, 0.3) is 5.91 Å². The molecule has 0 radical (unpaired) electrons. The summed E-state index contributed by atoms with van der Waals surface area (Å²) in [6.07, 6.45) is 0.682. The van der Waals surface area contributed by atoms with Crippen molar-refractivity contribution in [3.8, 4) is 5.75 Å². The summed E-state index contributed by atoms with van der Waals surface area (Å²) >= 11 is 0. The van der Waals surface area contributed by atoms with Gasteiger partial charge in [0.1, 0.15) is 10.5 Å². The van der Waals surface area contributed by atoms with Crippen LogP contribution in [0.3, 0.4) is 0 Å². The molecular formula is C25H33N3O5S. The lowest BCUT2D eigenvalue weighted by Gasteiger charge is -2.33.